The van der Waals surface area contributed by atoms with E-state index in [1.807, 2.05) is 0 Å². The molecule has 0 aliphatic carbocycles. The van der Waals surface area contributed by atoms with Crippen molar-refractivity contribution >= 4 is 0 Å². The van der Waals surface area contributed by atoms with Crippen molar-refractivity contribution in [2.45, 2.75) is 71.4 Å². The van der Waals surface area contributed by atoms with E-state index in [2.05, 4.69) is 38.0 Å². The van der Waals surface area contributed by atoms with Gasteiger partial charge in [0.15, 0.2) is 0 Å². The van der Waals surface area contributed by atoms with Gasteiger partial charge in [-0.25, -0.2) is 0 Å². The number of nitrogens with one attached hydrogen (secondary N) is 1. The van der Waals surface area contributed by atoms with E-state index < -0.39 is 0 Å². The highest BCUT2D eigenvalue weighted by atomic mass is 16.5. The Labute approximate surface area is 132 Å². The molecule has 0 saturated carbocycles. The van der Waals surface area contributed by atoms with Gasteiger partial charge in [-0.15, -0.1) is 0 Å². The second-order valence-corrected chi connectivity index (χ2v) is 6.27. The minimum atomic E-state index is -0.380. The first-order chi connectivity index (χ1) is 10.1. The molecule has 1 unspecified atom stereocenters. The Kier molecular flexibility index (Phi) is 14.7. The van der Waals surface area contributed by atoms with Crippen LogP contribution in [0.5, 0.6) is 0 Å². The van der Waals surface area contributed by atoms with Crippen molar-refractivity contribution < 1.29 is 9.84 Å². The molecule has 0 aromatic rings. The van der Waals surface area contributed by atoms with Crippen LogP contribution >= 0.6 is 0 Å². The lowest BCUT2D eigenvalue weighted by atomic mass is 10.2. The highest BCUT2D eigenvalue weighted by Crippen LogP contribution is 1.99. The Morgan fingerprint density at radius 1 is 1.10 bits per heavy atom. The zero-order chi connectivity index (χ0) is 15.9. The van der Waals surface area contributed by atoms with E-state index in [1.165, 1.54) is 25.7 Å². The van der Waals surface area contributed by atoms with Crippen LogP contribution in [0.25, 0.3) is 0 Å². The highest BCUT2D eigenvalue weighted by molar-refractivity contribution is 4.60. The fourth-order valence-corrected chi connectivity index (χ4v) is 2.05. The molecule has 0 rings (SSSR count). The van der Waals surface area contributed by atoms with Gasteiger partial charge in [0.1, 0.15) is 0 Å². The predicted octanol–water partition coefficient (Wildman–Crippen LogP) is 2.65. The van der Waals surface area contributed by atoms with Gasteiger partial charge < -0.3 is 20.1 Å². The van der Waals surface area contributed by atoms with Crippen molar-refractivity contribution in [3.8, 4) is 0 Å². The van der Waals surface area contributed by atoms with Gasteiger partial charge >= 0.3 is 0 Å². The van der Waals surface area contributed by atoms with Gasteiger partial charge in [-0.1, -0.05) is 26.2 Å². The molecular weight excluding hydrogens is 264 g/mol. The molecule has 0 amide bonds. The van der Waals surface area contributed by atoms with Crippen molar-refractivity contribution in [3.63, 3.8) is 0 Å². The molecule has 0 aromatic heterocycles. The first-order valence-electron chi connectivity index (χ1n) is 8.74. The summed E-state index contributed by atoms with van der Waals surface area (Å²) in [4.78, 5) is 2.36. The topological polar surface area (TPSA) is 44.7 Å². The van der Waals surface area contributed by atoms with E-state index in [1.54, 1.807) is 0 Å². The van der Waals surface area contributed by atoms with Crippen LogP contribution in [0.3, 0.4) is 0 Å². The zero-order valence-electron chi connectivity index (χ0n) is 14.7. The molecule has 1 atom stereocenters. The van der Waals surface area contributed by atoms with E-state index in [-0.39, 0.29) is 6.10 Å². The summed E-state index contributed by atoms with van der Waals surface area (Å²) in [6.07, 6.45) is 6.84. The van der Waals surface area contributed by atoms with E-state index in [9.17, 15) is 5.11 Å². The highest BCUT2D eigenvalue weighted by Gasteiger charge is 2.04. The second kappa shape index (κ2) is 14.8. The lowest BCUT2D eigenvalue weighted by molar-refractivity contribution is 0.0355. The number of rotatable bonds is 15. The summed E-state index contributed by atoms with van der Waals surface area (Å²) >= 11 is 0. The average molecular weight is 303 g/mol. The summed E-state index contributed by atoms with van der Waals surface area (Å²) < 4.78 is 5.48. The molecular formula is C17H38N2O2. The maximum atomic E-state index is 9.77. The Hall–Kier alpha value is -0.160. The smallest absolute Gasteiger partial charge is 0.0897 e. The lowest BCUT2D eigenvalue weighted by Gasteiger charge is -2.20. The minimum Gasteiger partial charge on any atom is -0.389 e. The zero-order valence-corrected chi connectivity index (χ0v) is 14.7. The largest absolute Gasteiger partial charge is 0.389 e. The summed E-state index contributed by atoms with van der Waals surface area (Å²) in [5, 5.41) is 13.1. The molecule has 0 aromatic carbocycles. The van der Waals surface area contributed by atoms with Gasteiger partial charge in [-0.3, -0.25) is 0 Å². The number of hydrogen-bond acceptors (Lipinski definition) is 4. The molecule has 0 heterocycles. The Bertz CT molecular complexity index is 213. The third-order valence-electron chi connectivity index (χ3n) is 3.83. The van der Waals surface area contributed by atoms with Crippen molar-refractivity contribution in [3.05, 3.63) is 0 Å². The van der Waals surface area contributed by atoms with Crippen molar-refractivity contribution in [1.82, 2.24) is 10.2 Å². The first kappa shape index (κ1) is 20.8. The maximum Gasteiger partial charge on any atom is 0.0897 e. The van der Waals surface area contributed by atoms with Gasteiger partial charge in [-0.2, -0.15) is 0 Å². The van der Waals surface area contributed by atoms with Crippen LogP contribution in [0.2, 0.25) is 0 Å². The summed E-state index contributed by atoms with van der Waals surface area (Å²) in [7, 11) is 2.17. The normalized spacial score (nSPS) is 13.3. The number of unbranched alkanes of at least 4 members (excludes halogenated alkanes) is 4. The molecule has 0 spiro atoms. The maximum absolute atomic E-state index is 9.77. The third-order valence-corrected chi connectivity index (χ3v) is 3.83. The molecule has 0 aliphatic heterocycles. The van der Waals surface area contributed by atoms with Crippen LogP contribution in [0.1, 0.15) is 59.3 Å². The van der Waals surface area contributed by atoms with Gasteiger partial charge in [0.25, 0.3) is 0 Å². The molecule has 4 heteroatoms. The van der Waals surface area contributed by atoms with Crippen molar-refractivity contribution in [2.24, 2.45) is 0 Å². The average Bonchev–Trinajstić information content (AvgIpc) is 2.45. The number of nitrogens with zero attached hydrogens (tertiary/aromatic N) is 1. The lowest BCUT2D eigenvalue weighted by Crippen LogP contribution is -2.32. The van der Waals surface area contributed by atoms with E-state index in [0.717, 1.165) is 32.5 Å². The van der Waals surface area contributed by atoms with Crippen molar-refractivity contribution in [2.75, 3.05) is 39.9 Å². The van der Waals surface area contributed by atoms with E-state index in [4.69, 9.17) is 4.74 Å². The number of aliphatic hydroxyl groups is 1. The van der Waals surface area contributed by atoms with Gasteiger partial charge in [-0.05, 0) is 53.2 Å². The summed E-state index contributed by atoms with van der Waals surface area (Å²) in [6.45, 7) is 10.6. The quantitative estimate of drug-likeness (QED) is 0.457. The van der Waals surface area contributed by atoms with Gasteiger partial charge in [0.05, 0.1) is 12.7 Å². The Morgan fingerprint density at radius 2 is 1.86 bits per heavy atom. The fraction of sp³-hybridized carbons (Fsp3) is 1.00. The van der Waals surface area contributed by atoms with E-state index >= 15 is 0 Å². The van der Waals surface area contributed by atoms with Gasteiger partial charge in [0.2, 0.25) is 0 Å². The van der Waals surface area contributed by atoms with Crippen molar-refractivity contribution in [1.29, 1.82) is 0 Å². The Morgan fingerprint density at radius 3 is 2.52 bits per heavy atom. The first-order valence-corrected chi connectivity index (χ1v) is 8.74. The van der Waals surface area contributed by atoms with Crippen LogP contribution in [-0.2, 0) is 4.74 Å². The molecule has 0 fully saturated rings. The molecule has 0 aliphatic rings. The predicted molar refractivity (Wildman–Crippen MR) is 90.8 cm³/mol. The Balaban J connectivity index is 3.24. The second-order valence-electron chi connectivity index (χ2n) is 6.27. The summed E-state index contributed by atoms with van der Waals surface area (Å²) in [6, 6.07) is 0.620. The molecule has 0 radical (unpaired) electrons. The molecule has 0 bridgehead atoms. The van der Waals surface area contributed by atoms with Gasteiger partial charge in [0, 0.05) is 19.2 Å². The van der Waals surface area contributed by atoms with Crippen LogP contribution in [0, 0.1) is 0 Å². The number of ether oxygens (including phenoxy) is 1. The molecule has 4 nitrogen and oxygen atoms in total. The van der Waals surface area contributed by atoms with Crippen LogP contribution in [-0.4, -0.2) is 62.0 Å². The number of aliphatic hydroxyl groups excluding tert-OH is 1. The summed E-state index contributed by atoms with van der Waals surface area (Å²) in [5.41, 5.74) is 0. The molecule has 128 valence electrons. The fourth-order valence-electron chi connectivity index (χ4n) is 2.05. The van der Waals surface area contributed by atoms with Crippen LogP contribution in [0.4, 0.5) is 0 Å². The minimum absolute atomic E-state index is 0.380. The van der Waals surface area contributed by atoms with Crippen LogP contribution in [0.15, 0.2) is 0 Å². The summed E-state index contributed by atoms with van der Waals surface area (Å²) in [5.74, 6) is 0. The third kappa shape index (κ3) is 14.5. The molecule has 2 N–H and O–H groups in total. The molecule has 0 saturated heterocycles. The van der Waals surface area contributed by atoms with E-state index in [0.29, 0.717) is 19.2 Å². The molecule has 21 heavy (non-hydrogen) atoms. The van der Waals surface area contributed by atoms with Crippen LogP contribution < -0.4 is 5.32 Å². The number of hydrogen-bond donors (Lipinski definition) is 2. The monoisotopic (exact) mass is 302 g/mol. The SMILES string of the molecule is CCCCCCOCC(O)CNCCCCN(C)C(C)C. The standard InChI is InChI=1S/C17H38N2O2/c1-5-6-7-10-13-21-15-17(20)14-18-11-8-9-12-19(4)16(2)3/h16-18,20H,5-15H2,1-4H3.